The summed E-state index contributed by atoms with van der Waals surface area (Å²) in [6.45, 7) is 1.59. The Morgan fingerprint density at radius 3 is 2.35 bits per heavy atom. The van der Waals surface area contributed by atoms with Crippen molar-refractivity contribution >= 4 is 5.97 Å². The molecule has 0 fully saturated rings. The normalized spacial score (nSPS) is 10.5. The lowest BCUT2D eigenvalue weighted by atomic mass is 10.2. The SMILES string of the molecule is Cc1nccn1-c1c(F)cc(C(=O)O)cc1F. The number of hydrogen-bond donors (Lipinski definition) is 1. The Hall–Kier alpha value is -2.24. The van der Waals surface area contributed by atoms with Crippen LogP contribution in [0.4, 0.5) is 8.78 Å². The molecule has 0 spiro atoms. The van der Waals surface area contributed by atoms with Crippen LogP contribution >= 0.6 is 0 Å². The number of imidazole rings is 1. The summed E-state index contributed by atoms with van der Waals surface area (Å²) in [7, 11) is 0. The van der Waals surface area contributed by atoms with E-state index in [0.29, 0.717) is 5.82 Å². The molecule has 0 bridgehead atoms. The molecule has 1 aromatic heterocycles. The van der Waals surface area contributed by atoms with Crippen LogP contribution in [0.15, 0.2) is 24.5 Å². The molecule has 1 heterocycles. The topological polar surface area (TPSA) is 55.1 Å². The van der Waals surface area contributed by atoms with E-state index in [-0.39, 0.29) is 5.69 Å². The van der Waals surface area contributed by atoms with Gasteiger partial charge in [-0.25, -0.2) is 18.6 Å². The van der Waals surface area contributed by atoms with E-state index in [1.54, 1.807) is 6.92 Å². The molecule has 0 unspecified atom stereocenters. The molecular weight excluding hydrogens is 230 g/mol. The summed E-state index contributed by atoms with van der Waals surface area (Å²) in [5.41, 5.74) is -0.758. The summed E-state index contributed by atoms with van der Waals surface area (Å²) >= 11 is 0. The van der Waals surface area contributed by atoms with Crippen LogP contribution in [0.3, 0.4) is 0 Å². The maximum Gasteiger partial charge on any atom is 0.335 e. The molecule has 0 amide bonds. The molecule has 17 heavy (non-hydrogen) atoms. The van der Waals surface area contributed by atoms with Crippen molar-refractivity contribution in [3.8, 4) is 5.69 Å². The molecule has 0 saturated carbocycles. The van der Waals surface area contributed by atoms with Crippen molar-refractivity contribution in [1.29, 1.82) is 0 Å². The molecular formula is C11H8F2N2O2. The van der Waals surface area contributed by atoms with E-state index < -0.39 is 23.2 Å². The monoisotopic (exact) mass is 238 g/mol. The number of aryl methyl sites for hydroxylation is 1. The fourth-order valence-electron chi connectivity index (χ4n) is 1.53. The third kappa shape index (κ3) is 1.89. The molecule has 0 radical (unpaired) electrons. The average Bonchev–Trinajstić information content (AvgIpc) is 2.64. The summed E-state index contributed by atoms with van der Waals surface area (Å²) in [6.07, 6.45) is 2.80. The van der Waals surface area contributed by atoms with Crippen LogP contribution in [0.25, 0.3) is 5.69 Å². The summed E-state index contributed by atoms with van der Waals surface area (Å²) in [6, 6.07) is 1.56. The summed E-state index contributed by atoms with van der Waals surface area (Å²) in [4.78, 5) is 14.5. The second-order valence-electron chi connectivity index (χ2n) is 3.44. The van der Waals surface area contributed by atoms with Crippen molar-refractivity contribution in [3.63, 3.8) is 0 Å². The number of rotatable bonds is 2. The predicted octanol–water partition coefficient (Wildman–Crippen LogP) is 2.16. The van der Waals surface area contributed by atoms with Gasteiger partial charge in [-0.1, -0.05) is 0 Å². The molecule has 1 N–H and O–H groups in total. The van der Waals surface area contributed by atoms with E-state index in [4.69, 9.17) is 5.11 Å². The van der Waals surface area contributed by atoms with Gasteiger partial charge in [-0.05, 0) is 19.1 Å². The van der Waals surface area contributed by atoms with Crippen molar-refractivity contribution in [2.45, 2.75) is 6.92 Å². The van der Waals surface area contributed by atoms with Gasteiger partial charge in [-0.15, -0.1) is 0 Å². The number of carboxylic acids is 1. The number of hydrogen-bond acceptors (Lipinski definition) is 2. The largest absolute Gasteiger partial charge is 0.478 e. The zero-order valence-corrected chi connectivity index (χ0v) is 8.82. The van der Waals surface area contributed by atoms with Gasteiger partial charge in [0.25, 0.3) is 0 Å². The fraction of sp³-hybridized carbons (Fsp3) is 0.0909. The average molecular weight is 238 g/mol. The van der Waals surface area contributed by atoms with E-state index in [1.807, 2.05) is 0 Å². The maximum absolute atomic E-state index is 13.7. The second-order valence-corrected chi connectivity index (χ2v) is 3.44. The maximum atomic E-state index is 13.7. The Morgan fingerprint density at radius 2 is 1.94 bits per heavy atom. The highest BCUT2D eigenvalue weighted by Gasteiger charge is 2.17. The van der Waals surface area contributed by atoms with Gasteiger partial charge in [0, 0.05) is 12.4 Å². The van der Waals surface area contributed by atoms with Crippen LogP contribution < -0.4 is 0 Å². The van der Waals surface area contributed by atoms with Gasteiger partial charge in [0.05, 0.1) is 5.56 Å². The Bertz CT molecular complexity index is 570. The van der Waals surface area contributed by atoms with Crippen molar-refractivity contribution in [1.82, 2.24) is 9.55 Å². The first kappa shape index (κ1) is 11.3. The minimum atomic E-state index is -1.38. The Labute approximate surface area is 95.1 Å². The number of nitrogens with zero attached hydrogens (tertiary/aromatic N) is 2. The van der Waals surface area contributed by atoms with Gasteiger partial charge >= 0.3 is 5.97 Å². The van der Waals surface area contributed by atoms with Crippen molar-refractivity contribution < 1.29 is 18.7 Å². The van der Waals surface area contributed by atoms with Crippen LogP contribution in [-0.4, -0.2) is 20.6 Å². The number of carbonyl (C=O) groups is 1. The number of aromatic carboxylic acids is 1. The molecule has 2 aromatic rings. The summed E-state index contributed by atoms with van der Waals surface area (Å²) in [5.74, 6) is -2.85. The van der Waals surface area contributed by atoms with Gasteiger partial charge in [0.1, 0.15) is 11.5 Å². The van der Waals surface area contributed by atoms with E-state index in [9.17, 15) is 13.6 Å². The van der Waals surface area contributed by atoms with Crippen LogP contribution in [0, 0.1) is 18.6 Å². The molecule has 6 heteroatoms. The predicted molar refractivity (Wildman–Crippen MR) is 55.2 cm³/mol. The zero-order valence-electron chi connectivity index (χ0n) is 8.82. The third-order valence-corrected chi connectivity index (χ3v) is 2.33. The molecule has 88 valence electrons. The third-order valence-electron chi connectivity index (χ3n) is 2.33. The molecule has 1 aromatic carbocycles. The highest BCUT2D eigenvalue weighted by Crippen LogP contribution is 2.21. The lowest BCUT2D eigenvalue weighted by Crippen LogP contribution is -2.06. The summed E-state index contributed by atoms with van der Waals surface area (Å²) < 4.78 is 28.5. The summed E-state index contributed by atoms with van der Waals surface area (Å²) in [5, 5.41) is 8.66. The van der Waals surface area contributed by atoms with E-state index in [1.165, 1.54) is 17.0 Å². The highest BCUT2D eigenvalue weighted by atomic mass is 19.1. The second kappa shape index (κ2) is 3.97. The molecule has 0 aliphatic rings. The van der Waals surface area contributed by atoms with Crippen molar-refractivity contribution in [3.05, 3.63) is 47.5 Å². The van der Waals surface area contributed by atoms with E-state index in [0.717, 1.165) is 12.1 Å². The van der Waals surface area contributed by atoms with E-state index >= 15 is 0 Å². The number of aromatic nitrogens is 2. The van der Waals surface area contributed by atoms with Crippen LogP contribution in [0.1, 0.15) is 16.2 Å². The fourth-order valence-corrected chi connectivity index (χ4v) is 1.53. The number of benzene rings is 1. The van der Waals surface area contributed by atoms with Crippen molar-refractivity contribution in [2.75, 3.05) is 0 Å². The Kier molecular flexibility index (Phi) is 2.63. The van der Waals surface area contributed by atoms with Gasteiger partial charge < -0.3 is 5.11 Å². The first-order chi connectivity index (χ1) is 8.00. The number of halogens is 2. The van der Waals surface area contributed by atoms with Crippen LogP contribution in [0.2, 0.25) is 0 Å². The quantitative estimate of drug-likeness (QED) is 0.872. The van der Waals surface area contributed by atoms with Gasteiger partial charge in [0.2, 0.25) is 0 Å². The first-order valence-corrected chi connectivity index (χ1v) is 4.73. The molecule has 0 aliphatic heterocycles. The molecule has 0 saturated heterocycles. The minimum Gasteiger partial charge on any atom is -0.478 e. The van der Waals surface area contributed by atoms with Crippen LogP contribution in [-0.2, 0) is 0 Å². The van der Waals surface area contributed by atoms with Crippen LogP contribution in [0.5, 0.6) is 0 Å². The lowest BCUT2D eigenvalue weighted by molar-refractivity contribution is 0.0695. The number of carboxylic acid groups (broad SMARTS) is 1. The lowest BCUT2D eigenvalue weighted by Gasteiger charge is -2.08. The van der Waals surface area contributed by atoms with Gasteiger partial charge in [-0.3, -0.25) is 4.57 Å². The van der Waals surface area contributed by atoms with Gasteiger partial charge in [-0.2, -0.15) is 0 Å². The molecule has 0 aliphatic carbocycles. The van der Waals surface area contributed by atoms with Gasteiger partial charge in [0.15, 0.2) is 11.6 Å². The Balaban J connectivity index is 2.65. The molecule has 4 nitrogen and oxygen atoms in total. The zero-order chi connectivity index (χ0) is 12.6. The highest BCUT2D eigenvalue weighted by molar-refractivity contribution is 5.87. The smallest absolute Gasteiger partial charge is 0.335 e. The van der Waals surface area contributed by atoms with E-state index in [2.05, 4.69) is 4.98 Å². The van der Waals surface area contributed by atoms with Crippen molar-refractivity contribution in [2.24, 2.45) is 0 Å². The Morgan fingerprint density at radius 1 is 1.35 bits per heavy atom. The standard InChI is InChI=1S/C11H8F2N2O2/c1-6-14-2-3-15(6)10-8(12)4-7(11(16)17)5-9(10)13/h2-5H,1H3,(H,16,17). The molecule has 0 atom stereocenters. The molecule has 2 rings (SSSR count). The first-order valence-electron chi connectivity index (χ1n) is 4.73. The minimum absolute atomic E-state index is 0.329.